The van der Waals surface area contributed by atoms with Gasteiger partial charge in [-0.1, -0.05) is 0 Å². The molecule has 0 unspecified atom stereocenters. The average molecular weight is 359 g/mol. The van der Waals surface area contributed by atoms with E-state index in [1.807, 2.05) is 43.3 Å². The predicted octanol–water partition coefficient (Wildman–Crippen LogP) is 5.00. The van der Waals surface area contributed by atoms with Gasteiger partial charge < -0.3 is 16.0 Å². The van der Waals surface area contributed by atoms with E-state index in [2.05, 4.69) is 15.5 Å². The van der Waals surface area contributed by atoms with Crippen LogP contribution < -0.4 is 16.0 Å². The van der Waals surface area contributed by atoms with Crippen LogP contribution in [0.1, 0.15) is 10.4 Å². The molecule has 0 saturated carbocycles. The summed E-state index contributed by atoms with van der Waals surface area (Å²) >= 11 is 0. The van der Waals surface area contributed by atoms with Gasteiger partial charge in [0.2, 0.25) is 0 Å². The van der Waals surface area contributed by atoms with Crippen molar-refractivity contribution in [2.45, 2.75) is 0 Å². The van der Waals surface area contributed by atoms with E-state index < -0.39 is 0 Å². The van der Waals surface area contributed by atoms with Crippen molar-refractivity contribution in [3.8, 4) is 0 Å². The maximum Gasteiger partial charge on any atom is 0.255 e. The number of rotatable bonds is 5. The number of hydrogen-bond acceptors (Lipinski definition) is 5. The lowest BCUT2D eigenvalue weighted by atomic mass is 10.2. The van der Waals surface area contributed by atoms with Gasteiger partial charge >= 0.3 is 0 Å². The fraction of sp³-hybridized carbons (Fsp3) is 0.0952. The van der Waals surface area contributed by atoms with E-state index in [4.69, 9.17) is 5.73 Å². The smallest absolute Gasteiger partial charge is 0.255 e. The normalized spacial score (nSPS) is 10.7. The number of anilines is 3. The summed E-state index contributed by atoms with van der Waals surface area (Å²) < 4.78 is 0. The van der Waals surface area contributed by atoms with Crippen LogP contribution in [-0.4, -0.2) is 20.0 Å². The average Bonchev–Trinajstić information content (AvgIpc) is 2.68. The molecular formula is C21H21N5O. The van der Waals surface area contributed by atoms with E-state index in [0.717, 1.165) is 11.4 Å². The number of nitrogens with zero attached hydrogens (tertiary/aromatic N) is 3. The van der Waals surface area contributed by atoms with Crippen molar-refractivity contribution >= 4 is 34.3 Å². The molecule has 0 fully saturated rings. The van der Waals surface area contributed by atoms with Crippen LogP contribution in [0, 0.1) is 0 Å². The van der Waals surface area contributed by atoms with Crippen LogP contribution in [0.2, 0.25) is 0 Å². The summed E-state index contributed by atoms with van der Waals surface area (Å²) in [5.74, 6) is -0.189. The Bertz CT molecular complexity index is 930. The fourth-order valence-electron chi connectivity index (χ4n) is 2.38. The number of nitrogens with one attached hydrogen (secondary N) is 1. The molecule has 0 bridgehead atoms. The van der Waals surface area contributed by atoms with Gasteiger partial charge in [-0.05, 0) is 72.8 Å². The molecule has 0 radical (unpaired) electrons. The molecule has 0 aliphatic carbocycles. The molecule has 0 aliphatic heterocycles. The fourth-order valence-corrected chi connectivity index (χ4v) is 2.38. The van der Waals surface area contributed by atoms with Crippen LogP contribution in [0.25, 0.3) is 0 Å². The lowest BCUT2D eigenvalue weighted by Gasteiger charge is -2.11. The summed E-state index contributed by atoms with van der Waals surface area (Å²) in [7, 11) is 3.98. The van der Waals surface area contributed by atoms with Crippen molar-refractivity contribution in [1.82, 2.24) is 0 Å². The van der Waals surface area contributed by atoms with Crippen molar-refractivity contribution in [3.63, 3.8) is 0 Å². The zero-order valence-electron chi connectivity index (χ0n) is 15.3. The Morgan fingerprint density at radius 1 is 0.815 bits per heavy atom. The molecule has 136 valence electrons. The maximum atomic E-state index is 12.2. The molecule has 3 rings (SSSR count). The minimum atomic E-state index is -0.189. The Labute approximate surface area is 158 Å². The number of nitrogen functional groups attached to an aromatic ring is 1. The summed E-state index contributed by atoms with van der Waals surface area (Å²) in [6, 6.07) is 21.8. The minimum Gasteiger partial charge on any atom is -0.399 e. The first-order chi connectivity index (χ1) is 13.0. The molecule has 1 amide bonds. The number of nitrogens with two attached hydrogens (primary N) is 1. The van der Waals surface area contributed by atoms with E-state index in [-0.39, 0.29) is 5.91 Å². The van der Waals surface area contributed by atoms with Gasteiger partial charge in [-0.3, -0.25) is 4.79 Å². The zero-order valence-corrected chi connectivity index (χ0v) is 15.3. The quantitative estimate of drug-likeness (QED) is 0.496. The predicted molar refractivity (Wildman–Crippen MR) is 110 cm³/mol. The number of hydrogen-bond donors (Lipinski definition) is 2. The summed E-state index contributed by atoms with van der Waals surface area (Å²) in [6.45, 7) is 0. The lowest BCUT2D eigenvalue weighted by molar-refractivity contribution is 0.102. The molecule has 0 atom stereocenters. The van der Waals surface area contributed by atoms with Crippen LogP contribution >= 0.6 is 0 Å². The topological polar surface area (TPSA) is 83.1 Å². The lowest BCUT2D eigenvalue weighted by Crippen LogP contribution is -2.11. The zero-order chi connectivity index (χ0) is 19.2. The van der Waals surface area contributed by atoms with Crippen LogP contribution in [0.15, 0.2) is 83.0 Å². The monoisotopic (exact) mass is 359 g/mol. The van der Waals surface area contributed by atoms with E-state index in [9.17, 15) is 4.79 Å². The van der Waals surface area contributed by atoms with E-state index in [1.165, 1.54) is 0 Å². The first-order valence-corrected chi connectivity index (χ1v) is 8.47. The van der Waals surface area contributed by atoms with E-state index >= 15 is 0 Å². The summed E-state index contributed by atoms with van der Waals surface area (Å²) in [4.78, 5) is 14.2. The van der Waals surface area contributed by atoms with E-state index in [1.54, 1.807) is 48.5 Å². The standard InChI is InChI=1S/C21H21N5O/c1-26(2)20-13-11-19(12-14-20)25-24-18-9-7-17(8-10-18)23-21(27)15-3-5-16(22)6-4-15/h3-14H,22H2,1-2H3,(H,23,27). The van der Waals surface area contributed by atoms with Crippen LogP contribution in [0.5, 0.6) is 0 Å². The van der Waals surface area contributed by atoms with Gasteiger partial charge in [-0.2, -0.15) is 10.2 Å². The molecule has 0 spiro atoms. The SMILES string of the molecule is CN(C)c1ccc(N=Nc2ccc(NC(=O)c3ccc(N)cc3)cc2)cc1. The Morgan fingerprint density at radius 3 is 1.85 bits per heavy atom. The summed E-state index contributed by atoms with van der Waals surface area (Å²) in [5.41, 5.74) is 10.1. The van der Waals surface area contributed by atoms with Gasteiger partial charge in [0.05, 0.1) is 11.4 Å². The van der Waals surface area contributed by atoms with Gasteiger partial charge in [-0.15, -0.1) is 0 Å². The van der Waals surface area contributed by atoms with E-state index in [0.29, 0.717) is 22.6 Å². The largest absolute Gasteiger partial charge is 0.399 e. The molecule has 0 heterocycles. The second kappa shape index (κ2) is 8.14. The van der Waals surface area contributed by atoms with Gasteiger partial charge in [0.25, 0.3) is 5.91 Å². The highest BCUT2D eigenvalue weighted by Crippen LogP contribution is 2.22. The molecule has 6 nitrogen and oxygen atoms in total. The Balaban J connectivity index is 1.62. The third-order valence-electron chi connectivity index (χ3n) is 3.95. The second-order valence-electron chi connectivity index (χ2n) is 6.23. The first-order valence-electron chi connectivity index (χ1n) is 8.47. The summed E-state index contributed by atoms with van der Waals surface area (Å²) in [6.07, 6.45) is 0. The van der Waals surface area contributed by atoms with Crippen molar-refractivity contribution < 1.29 is 4.79 Å². The number of benzene rings is 3. The highest BCUT2D eigenvalue weighted by atomic mass is 16.1. The van der Waals surface area contributed by atoms with Crippen molar-refractivity contribution in [2.75, 3.05) is 30.0 Å². The molecule has 0 aromatic heterocycles. The van der Waals surface area contributed by atoms with Crippen molar-refractivity contribution in [1.29, 1.82) is 0 Å². The Kier molecular flexibility index (Phi) is 5.47. The minimum absolute atomic E-state index is 0.189. The maximum absolute atomic E-state index is 12.2. The third kappa shape index (κ3) is 4.92. The Hall–Kier alpha value is -3.67. The summed E-state index contributed by atoms with van der Waals surface area (Å²) in [5, 5.41) is 11.3. The number of azo groups is 1. The molecule has 0 saturated heterocycles. The molecule has 6 heteroatoms. The molecule has 3 N–H and O–H groups in total. The number of carbonyl (C=O) groups is 1. The second-order valence-corrected chi connectivity index (χ2v) is 6.23. The molecular weight excluding hydrogens is 338 g/mol. The molecule has 27 heavy (non-hydrogen) atoms. The molecule has 3 aromatic rings. The molecule has 3 aromatic carbocycles. The molecule has 0 aliphatic rings. The van der Waals surface area contributed by atoms with Gasteiger partial charge in [-0.25, -0.2) is 0 Å². The highest BCUT2D eigenvalue weighted by molar-refractivity contribution is 6.04. The van der Waals surface area contributed by atoms with Gasteiger partial charge in [0, 0.05) is 36.7 Å². The number of carbonyl (C=O) groups excluding carboxylic acids is 1. The van der Waals surface area contributed by atoms with Crippen molar-refractivity contribution in [3.05, 3.63) is 78.4 Å². The van der Waals surface area contributed by atoms with Crippen LogP contribution in [0.3, 0.4) is 0 Å². The highest BCUT2D eigenvalue weighted by Gasteiger charge is 2.05. The third-order valence-corrected chi connectivity index (χ3v) is 3.95. The first kappa shape index (κ1) is 18.1. The van der Waals surface area contributed by atoms with Gasteiger partial charge in [0.1, 0.15) is 0 Å². The van der Waals surface area contributed by atoms with Crippen LogP contribution in [-0.2, 0) is 0 Å². The van der Waals surface area contributed by atoms with Gasteiger partial charge in [0.15, 0.2) is 0 Å². The Morgan fingerprint density at radius 2 is 1.33 bits per heavy atom. The van der Waals surface area contributed by atoms with Crippen LogP contribution in [0.4, 0.5) is 28.4 Å². The number of amides is 1. The van der Waals surface area contributed by atoms with Crippen molar-refractivity contribution in [2.24, 2.45) is 10.2 Å².